The highest BCUT2D eigenvalue weighted by atomic mass is 16.5. The summed E-state index contributed by atoms with van der Waals surface area (Å²) in [6.45, 7) is 9.01. The highest BCUT2D eigenvalue weighted by Crippen LogP contribution is 2.14. The number of hydrogen-bond acceptors (Lipinski definition) is 4. The van der Waals surface area contributed by atoms with Gasteiger partial charge < -0.3 is 9.47 Å². The Hall–Kier alpha value is -3.58. The van der Waals surface area contributed by atoms with Crippen molar-refractivity contribution in [3.63, 3.8) is 0 Å². The van der Waals surface area contributed by atoms with Gasteiger partial charge in [0.25, 0.3) is 0 Å². The van der Waals surface area contributed by atoms with Crippen molar-refractivity contribution >= 4 is 11.9 Å². The maximum Gasteiger partial charge on any atom is 0.330 e. The van der Waals surface area contributed by atoms with Gasteiger partial charge in [0, 0.05) is 17.2 Å². The van der Waals surface area contributed by atoms with Crippen LogP contribution >= 0.6 is 0 Å². The van der Waals surface area contributed by atoms with Gasteiger partial charge >= 0.3 is 11.9 Å². The summed E-state index contributed by atoms with van der Waals surface area (Å²) in [6.07, 6.45) is 3.28. The molecule has 0 N–H and O–H groups in total. The highest BCUT2D eigenvalue weighted by molar-refractivity contribution is 5.81. The summed E-state index contributed by atoms with van der Waals surface area (Å²) in [6, 6.07) is 13.3. The van der Waals surface area contributed by atoms with E-state index in [1.807, 2.05) is 42.5 Å². The molecule has 0 unspecified atom stereocenters. The third-order valence-electron chi connectivity index (χ3n) is 3.96. The predicted octanol–water partition coefficient (Wildman–Crippen LogP) is 4.11. The van der Waals surface area contributed by atoms with Crippen LogP contribution in [-0.2, 0) is 38.5 Å². The lowest BCUT2D eigenvalue weighted by molar-refractivity contribution is -0.139. The summed E-state index contributed by atoms with van der Waals surface area (Å²) in [4.78, 5) is 22.6. The van der Waals surface area contributed by atoms with E-state index in [-0.39, 0.29) is 19.0 Å². The second-order valence-corrected chi connectivity index (χ2v) is 5.94. The van der Waals surface area contributed by atoms with Crippen LogP contribution in [0.25, 0.3) is 0 Å². The molecule has 0 aromatic heterocycles. The van der Waals surface area contributed by atoms with Crippen LogP contribution in [0.15, 0.2) is 68.0 Å². The zero-order valence-corrected chi connectivity index (χ0v) is 15.9. The minimum Gasteiger partial charge on any atom is -0.458 e. The maximum absolute atomic E-state index is 11.5. The second kappa shape index (κ2) is 10.5. The first-order valence-electron chi connectivity index (χ1n) is 8.88. The molecule has 2 aromatic carbocycles. The van der Waals surface area contributed by atoms with Crippen molar-refractivity contribution in [3.05, 3.63) is 95.8 Å². The maximum atomic E-state index is 11.5. The molecule has 0 bridgehead atoms. The fourth-order valence-corrected chi connectivity index (χ4v) is 2.51. The third kappa shape index (κ3) is 6.30. The number of rotatable bonds is 7. The highest BCUT2D eigenvalue weighted by Gasteiger charge is 2.04. The second-order valence-electron chi connectivity index (χ2n) is 5.94. The summed E-state index contributed by atoms with van der Waals surface area (Å²) in [5.41, 5.74) is 4.63. The molecule has 0 radical (unpaired) electrons. The van der Waals surface area contributed by atoms with Crippen LogP contribution in [0, 0.1) is 11.8 Å². The molecular weight excluding hydrogens is 352 g/mol. The van der Waals surface area contributed by atoms with E-state index in [9.17, 15) is 9.59 Å². The number of ether oxygens (including phenoxy) is 2. The van der Waals surface area contributed by atoms with Crippen LogP contribution in [-0.4, -0.2) is 11.9 Å². The monoisotopic (exact) mass is 374 g/mol. The number of hydrogen-bond donors (Lipinski definition) is 0. The molecule has 0 saturated carbocycles. The van der Waals surface area contributed by atoms with Crippen LogP contribution < -0.4 is 0 Å². The summed E-state index contributed by atoms with van der Waals surface area (Å²) < 4.78 is 9.79. The molecule has 28 heavy (non-hydrogen) atoms. The topological polar surface area (TPSA) is 52.6 Å². The zero-order valence-electron chi connectivity index (χ0n) is 15.9. The van der Waals surface area contributed by atoms with Gasteiger partial charge in [0.05, 0.1) is 12.7 Å². The Bertz CT molecular complexity index is 927. The first-order chi connectivity index (χ1) is 13.5. The normalized spacial score (nSPS) is 9.61. The lowest BCUT2D eigenvalue weighted by Crippen LogP contribution is -2.03. The first-order valence-corrected chi connectivity index (χ1v) is 8.88. The summed E-state index contributed by atoms with van der Waals surface area (Å²) in [5, 5.41) is 0. The largest absolute Gasteiger partial charge is 0.458 e. The number of esters is 2. The van der Waals surface area contributed by atoms with Crippen LogP contribution in [0.1, 0.15) is 34.7 Å². The van der Waals surface area contributed by atoms with Crippen LogP contribution in [0.2, 0.25) is 0 Å². The van der Waals surface area contributed by atoms with Gasteiger partial charge in [-0.1, -0.05) is 56.2 Å². The lowest BCUT2D eigenvalue weighted by Gasteiger charge is -2.07. The SMILES string of the molecule is C=COC(=O)Cc1ccc(C#Cc2ccc(COC(=O)C=C)cc2CC)cc1. The number of benzene rings is 2. The van der Waals surface area contributed by atoms with E-state index >= 15 is 0 Å². The molecule has 0 saturated heterocycles. The fraction of sp³-hybridized carbons (Fsp3) is 0.167. The molecule has 0 aliphatic rings. The smallest absolute Gasteiger partial charge is 0.330 e. The number of aryl methyl sites for hydroxylation is 1. The Labute approximate surface area is 165 Å². The Morgan fingerprint density at radius 2 is 1.75 bits per heavy atom. The quantitative estimate of drug-likeness (QED) is 0.317. The van der Waals surface area contributed by atoms with Crippen molar-refractivity contribution in [2.75, 3.05) is 0 Å². The van der Waals surface area contributed by atoms with Crippen LogP contribution in [0.4, 0.5) is 0 Å². The van der Waals surface area contributed by atoms with Gasteiger partial charge in [-0.3, -0.25) is 4.79 Å². The molecule has 0 atom stereocenters. The van der Waals surface area contributed by atoms with Gasteiger partial charge in [0.15, 0.2) is 0 Å². The summed E-state index contributed by atoms with van der Waals surface area (Å²) in [7, 11) is 0. The van der Waals surface area contributed by atoms with Crippen LogP contribution in [0.5, 0.6) is 0 Å². The van der Waals surface area contributed by atoms with Crippen molar-refractivity contribution in [2.24, 2.45) is 0 Å². The van der Waals surface area contributed by atoms with E-state index in [2.05, 4.69) is 31.9 Å². The average Bonchev–Trinajstić information content (AvgIpc) is 2.71. The summed E-state index contributed by atoms with van der Waals surface area (Å²) in [5.74, 6) is 5.54. The predicted molar refractivity (Wildman–Crippen MR) is 108 cm³/mol. The molecule has 142 valence electrons. The van der Waals surface area contributed by atoms with Crippen molar-refractivity contribution in [1.29, 1.82) is 0 Å². The van der Waals surface area contributed by atoms with E-state index in [0.717, 1.165) is 46.6 Å². The molecule has 2 aromatic rings. The van der Waals surface area contributed by atoms with Gasteiger partial charge in [-0.25, -0.2) is 4.79 Å². The fourth-order valence-electron chi connectivity index (χ4n) is 2.51. The molecule has 2 rings (SSSR count). The molecule has 4 heteroatoms. The average molecular weight is 374 g/mol. The first kappa shape index (κ1) is 20.7. The molecule has 4 nitrogen and oxygen atoms in total. The Morgan fingerprint density at radius 1 is 1.04 bits per heavy atom. The molecular formula is C24H22O4. The minimum absolute atomic E-state index is 0.192. The van der Waals surface area contributed by atoms with E-state index in [0.29, 0.717) is 0 Å². The minimum atomic E-state index is -0.442. The summed E-state index contributed by atoms with van der Waals surface area (Å²) >= 11 is 0. The Kier molecular flexibility index (Phi) is 7.80. The van der Waals surface area contributed by atoms with Gasteiger partial charge in [0.1, 0.15) is 6.61 Å². The van der Waals surface area contributed by atoms with Gasteiger partial charge in [0.2, 0.25) is 0 Å². The van der Waals surface area contributed by atoms with Crippen molar-refractivity contribution in [3.8, 4) is 11.8 Å². The van der Waals surface area contributed by atoms with Crippen molar-refractivity contribution < 1.29 is 19.1 Å². The van der Waals surface area contributed by atoms with Gasteiger partial charge in [-0.15, -0.1) is 0 Å². The third-order valence-corrected chi connectivity index (χ3v) is 3.96. The van der Waals surface area contributed by atoms with Gasteiger partial charge in [-0.2, -0.15) is 0 Å². The Balaban J connectivity index is 2.10. The van der Waals surface area contributed by atoms with Gasteiger partial charge in [-0.05, 0) is 41.3 Å². The van der Waals surface area contributed by atoms with E-state index in [1.54, 1.807) is 0 Å². The molecule has 0 spiro atoms. The molecule has 0 amide bonds. The molecule has 0 aliphatic heterocycles. The lowest BCUT2D eigenvalue weighted by atomic mass is 10.0. The van der Waals surface area contributed by atoms with Crippen LogP contribution in [0.3, 0.4) is 0 Å². The van der Waals surface area contributed by atoms with Crippen molar-refractivity contribution in [2.45, 2.75) is 26.4 Å². The molecule has 0 fully saturated rings. The Morgan fingerprint density at radius 3 is 2.39 bits per heavy atom. The zero-order chi connectivity index (χ0) is 20.4. The molecule has 0 aliphatic carbocycles. The number of carbonyl (C=O) groups is 2. The van der Waals surface area contributed by atoms with Crippen molar-refractivity contribution in [1.82, 2.24) is 0 Å². The van der Waals surface area contributed by atoms with E-state index in [4.69, 9.17) is 9.47 Å². The van der Waals surface area contributed by atoms with E-state index in [1.165, 1.54) is 0 Å². The standard InChI is InChI=1S/C24H22O4/c1-4-21-15-20(17-28-23(25)5-2)12-14-22(21)13-11-18-7-9-19(10-8-18)16-24(26)27-6-3/h5-10,12,14-15H,2-4,16-17H2,1H3. The molecule has 0 heterocycles. The number of carbonyl (C=O) groups excluding carboxylic acids is 2. The van der Waals surface area contributed by atoms with E-state index < -0.39 is 5.97 Å².